The van der Waals surface area contributed by atoms with E-state index >= 15 is 0 Å². The number of ether oxygens (including phenoxy) is 4. The molecule has 1 unspecified atom stereocenters. The number of carbonyl (C=O) groups is 3. The normalized spacial score (nSPS) is 11.0. The largest absolute Gasteiger partial charge is 0.508 e. The van der Waals surface area contributed by atoms with E-state index in [-0.39, 0.29) is 26.2 Å². The van der Waals surface area contributed by atoms with Crippen molar-refractivity contribution >= 4 is 18.3 Å². The van der Waals surface area contributed by atoms with Gasteiger partial charge in [-0.15, -0.1) is 0 Å². The topological polar surface area (TPSA) is 108 Å². The molecule has 0 heterocycles. The fourth-order valence-corrected chi connectivity index (χ4v) is 0.907. The van der Waals surface area contributed by atoms with Crippen LogP contribution in [-0.4, -0.2) is 49.3 Å². The summed E-state index contributed by atoms with van der Waals surface area (Å²) in [5.74, 6) is -0.614. The summed E-state index contributed by atoms with van der Waals surface area (Å²) in [6.45, 7) is 4.44. The molecule has 19 heavy (non-hydrogen) atoms. The Balaban J connectivity index is 3.51. The lowest BCUT2D eigenvalue weighted by Crippen LogP contribution is -2.18. The van der Waals surface area contributed by atoms with Crippen molar-refractivity contribution in [3.63, 3.8) is 0 Å². The van der Waals surface area contributed by atoms with Crippen molar-refractivity contribution in [2.24, 2.45) is 0 Å². The summed E-state index contributed by atoms with van der Waals surface area (Å²) in [6, 6.07) is 0. The van der Waals surface area contributed by atoms with Gasteiger partial charge < -0.3 is 24.1 Å². The van der Waals surface area contributed by atoms with Crippen molar-refractivity contribution in [1.82, 2.24) is 0 Å². The molecular formula is C11H16O8. The molecule has 8 nitrogen and oxygen atoms in total. The molecular weight excluding hydrogens is 260 g/mol. The molecule has 0 bridgehead atoms. The maximum atomic E-state index is 11.0. The molecule has 0 spiro atoms. The third kappa shape index (κ3) is 10.6. The highest BCUT2D eigenvalue weighted by Gasteiger charge is 2.10. The van der Waals surface area contributed by atoms with E-state index in [0.29, 0.717) is 0 Å². The SMILES string of the molecule is C=CC(=O)OCCOC(=O)OCCC(C)OC(=O)O. The standard InChI is InChI=1S/C11H16O8/c1-3-9(12)16-6-7-18-11(15)17-5-4-8(2)19-10(13)14/h3,8H,1,4-7H2,2H3,(H,13,14). The smallest absolute Gasteiger partial charge is 0.459 e. The summed E-state index contributed by atoms with van der Waals surface area (Å²) in [5.41, 5.74) is 0. The van der Waals surface area contributed by atoms with Gasteiger partial charge in [-0.1, -0.05) is 6.58 Å². The number of carbonyl (C=O) groups excluding carboxylic acids is 2. The van der Waals surface area contributed by atoms with Gasteiger partial charge in [0.2, 0.25) is 0 Å². The molecule has 0 aliphatic rings. The number of hydrogen-bond acceptors (Lipinski definition) is 7. The Morgan fingerprint density at radius 2 is 1.74 bits per heavy atom. The molecule has 108 valence electrons. The summed E-state index contributed by atoms with van der Waals surface area (Å²) >= 11 is 0. The highest BCUT2D eigenvalue weighted by atomic mass is 16.7. The summed E-state index contributed by atoms with van der Waals surface area (Å²) in [4.78, 5) is 31.8. The van der Waals surface area contributed by atoms with Gasteiger partial charge >= 0.3 is 18.3 Å². The minimum Gasteiger partial charge on any atom is -0.459 e. The molecule has 0 radical (unpaired) electrons. The van der Waals surface area contributed by atoms with Crippen molar-refractivity contribution in [2.75, 3.05) is 19.8 Å². The van der Waals surface area contributed by atoms with Crippen molar-refractivity contribution in [1.29, 1.82) is 0 Å². The van der Waals surface area contributed by atoms with E-state index in [0.717, 1.165) is 6.08 Å². The highest BCUT2D eigenvalue weighted by Crippen LogP contribution is 1.99. The third-order valence-electron chi connectivity index (χ3n) is 1.76. The molecule has 8 heteroatoms. The second kappa shape index (κ2) is 9.75. The first kappa shape index (κ1) is 16.8. The van der Waals surface area contributed by atoms with Gasteiger partial charge in [0.1, 0.15) is 19.3 Å². The van der Waals surface area contributed by atoms with Gasteiger partial charge in [0.15, 0.2) is 0 Å². The Labute approximate surface area is 109 Å². The van der Waals surface area contributed by atoms with Crippen molar-refractivity contribution in [3.05, 3.63) is 12.7 Å². The summed E-state index contributed by atoms with van der Waals surface area (Å²) in [5, 5.41) is 8.30. The van der Waals surface area contributed by atoms with Crippen LogP contribution in [0.5, 0.6) is 0 Å². The van der Waals surface area contributed by atoms with Gasteiger partial charge in [-0.2, -0.15) is 0 Å². The van der Waals surface area contributed by atoms with Gasteiger partial charge in [-0.25, -0.2) is 14.4 Å². The van der Waals surface area contributed by atoms with Crippen LogP contribution in [0.1, 0.15) is 13.3 Å². The molecule has 0 aliphatic heterocycles. The van der Waals surface area contributed by atoms with Crippen LogP contribution in [0.15, 0.2) is 12.7 Å². The number of carboxylic acid groups (broad SMARTS) is 1. The molecule has 0 aromatic heterocycles. The van der Waals surface area contributed by atoms with Crippen LogP contribution in [0, 0.1) is 0 Å². The van der Waals surface area contributed by atoms with Gasteiger partial charge in [0, 0.05) is 12.5 Å². The van der Waals surface area contributed by atoms with Crippen LogP contribution >= 0.6 is 0 Å². The predicted molar refractivity (Wildman–Crippen MR) is 61.6 cm³/mol. The van der Waals surface area contributed by atoms with Crippen LogP contribution in [0.2, 0.25) is 0 Å². The van der Waals surface area contributed by atoms with Gasteiger partial charge in [-0.05, 0) is 6.92 Å². The Morgan fingerprint density at radius 3 is 2.32 bits per heavy atom. The molecule has 0 rings (SSSR count). The minimum absolute atomic E-state index is 0.0419. The van der Waals surface area contributed by atoms with Crippen molar-refractivity contribution in [2.45, 2.75) is 19.4 Å². The summed E-state index contributed by atoms with van der Waals surface area (Å²) in [6.07, 6.45) is -1.70. The highest BCUT2D eigenvalue weighted by molar-refractivity contribution is 5.81. The average molecular weight is 276 g/mol. The average Bonchev–Trinajstić information content (AvgIpc) is 2.33. The fourth-order valence-electron chi connectivity index (χ4n) is 0.907. The zero-order valence-corrected chi connectivity index (χ0v) is 10.5. The molecule has 0 amide bonds. The van der Waals surface area contributed by atoms with E-state index in [9.17, 15) is 14.4 Å². The predicted octanol–water partition coefficient (Wildman–Crippen LogP) is 1.34. The van der Waals surface area contributed by atoms with Crippen LogP contribution in [0.3, 0.4) is 0 Å². The van der Waals surface area contributed by atoms with Gasteiger partial charge in [0.25, 0.3) is 0 Å². The summed E-state index contributed by atoms with van der Waals surface area (Å²) in [7, 11) is 0. The van der Waals surface area contributed by atoms with E-state index in [2.05, 4.69) is 25.5 Å². The van der Waals surface area contributed by atoms with Crippen LogP contribution < -0.4 is 0 Å². The number of rotatable bonds is 8. The number of esters is 1. The Hall–Kier alpha value is -2.25. The second-order valence-electron chi connectivity index (χ2n) is 3.30. The van der Waals surface area contributed by atoms with Crippen LogP contribution in [0.4, 0.5) is 9.59 Å². The Kier molecular flexibility index (Phi) is 8.59. The molecule has 0 fully saturated rings. The first-order valence-corrected chi connectivity index (χ1v) is 5.44. The third-order valence-corrected chi connectivity index (χ3v) is 1.76. The Morgan fingerprint density at radius 1 is 1.16 bits per heavy atom. The van der Waals surface area contributed by atoms with E-state index in [1.807, 2.05) is 0 Å². The molecule has 0 aromatic carbocycles. The quantitative estimate of drug-likeness (QED) is 0.306. The molecule has 0 saturated heterocycles. The lowest BCUT2D eigenvalue weighted by Gasteiger charge is -2.10. The zero-order valence-electron chi connectivity index (χ0n) is 10.5. The molecule has 0 saturated carbocycles. The van der Waals surface area contributed by atoms with E-state index < -0.39 is 24.4 Å². The van der Waals surface area contributed by atoms with Gasteiger partial charge in [-0.3, -0.25) is 0 Å². The maximum absolute atomic E-state index is 11.0. The van der Waals surface area contributed by atoms with Crippen LogP contribution in [-0.2, 0) is 23.7 Å². The first-order chi connectivity index (χ1) is 8.95. The van der Waals surface area contributed by atoms with E-state index in [1.165, 1.54) is 6.92 Å². The fraction of sp³-hybridized carbons (Fsp3) is 0.545. The van der Waals surface area contributed by atoms with E-state index in [4.69, 9.17) is 5.11 Å². The monoisotopic (exact) mass is 276 g/mol. The molecule has 0 aromatic rings. The molecule has 1 N–H and O–H groups in total. The number of hydrogen-bond donors (Lipinski definition) is 1. The van der Waals surface area contributed by atoms with Crippen molar-refractivity contribution in [3.8, 4) is 0 Å². The van der Waals surface area contributed by atoms with Crippen LogP contribution in [0.25, 0.3) is 0 Å². The van der Waals surface area contributed by atoms with E-state index in [1.54, 1.807) is 0 Å². The van der Waals surface area contributed by atoms with Crippen molar-refractivity contribution < 1.29 is 38.4 Å². The lowest BCUT2D eigenvalue weighted by atomic mass is 10.3. The minimum atomic E-state index is -1.39. The molecule has 1 atom stereocenters. The lowest BCUT2D eigenvalue weighted by molar-refractivity contribution is -0.139. The Bertz CT molecular complexity index is 325. The zero-order chi connectivity index (χ0) is 14.7. The summed E-state index contributed by atoms with van der Waals surface area (Å²) < 4.78 is 18.1. The maximum Gasteiger partial charge on any atom is 0.508 e. The second-order valence-corrected chi connectivity index (χ2v) is 3.30. The van der Waals surface area contributed by atoms with Gasteiger partial charge in [0.05, 0.1) is 6.61 Å². The first-order valence-electron chi connectivity index (χ1n) is 5.44. The molecule has 0 aliphatic carbocycles.